The van der Waals surface area contributed by atoms with Crippen LogP contribution in [0, 0.1) is 5.92 Å². The number of hydrogen-bond acceptors (Lipinski definition) is 3. The molecule has 1 amide bonds. The Balaban J connectivity index is 1.45. The highest BCUT2D eigenvalue weighted by molar-refractivity contribution is 6.00. The third kappa shape index (κ3) is 3.50. The van der Waals surface area contributed by atoms with Gasteiger partial charge in [-0.1, -0.05) is 67.6 Å². The zero-order valence-electron chi connectivity index (χ0n) is 15.9. The zero-order valence-corrected chi connectivity index (χ0v) is 15.9. The van der Waals surface area contributed by atoms with E-state index < -0.39 is 5.92 Å². The number of carbonyl (C=O) groups is 2. The summed E-state index contributed by atoms with van der Waals surface area (Å²) in [6, 6.07) is 21.9. The number of aryl methyl sites for hydroxylation is 1. The lowest BCUT2D eigenvalue weighted by atomic mass is 10.1. The number of amides is 1. The number of nitrogens with zero attached hydrogens (tertiary/aromatic N) is 1. The van der Waals surface area contributed by atoms with Gasteiger partial charge in [-0.05, 0) is 34.4 Å². The molecule has 1 heterocycles. The average Bonchev–Trinajstić information content (AvgIpc) is 3.13. The van der Waals surface area contributed by atoms with E-state index >= 15 is 0 Å². The summed E-state index contributed by atoms with van der Waals surface area (Å²) in [6.45, 7) is 2.66. The fraction of sp³-hybridized carbons (Fsp3) is 0.250. The predicted octanol–water partition coefficient (Wildman–Crippen LogP) is 4.50. The Kier molecular flexibility index (Phi) is 5.11. The highest BCUT2D eigenvalue weighted by atomic mass is 16.5. The van der Waals surface area contributed by atoms with Crippen molar-refractivity contribution >= 4 is 28.3 Å². The molecule has 0 bridgehead atoms. The van der Waals surface area contributed by atoms with Gasteiger partial charge < -0.3 is 9.64 Å². The second kappa shape index (κ2) is 7.85. The lowest BCUT2D eigenvalue weighted by Crippen LogP contribution is -2.27. The zero-order chi connectivity index (χ0) is 19.5. The van der Waals surface area contributed by atoms with E-state index in [9.17, 15) is 9.59 Å². The number of anilines is 1. The van der Waals surface area contributed by atoms with E-state index in [1.807, 2.05) is 66.7 Å². The second-order valence-corrected chi connectivity index (χ2v) is 7.13. The van der Waals surface area contributed by atoms with Gasteiger partial charge in [-0.25, -0.2) is 0 Å². The fourth-order valence-electron chi connectivity index (χ4n) is 3.86. The first-order valence-corrected chi connectivity index (χ1v) is 9.69. The first kappa shape index (κ1) is 18.2. The molecule has 4 nitrogen and oxygen atoms in total. The Bertz CT molecular complexity index is 1020. The predicted molar refractivity (Wildman–Crippen MR) is 110 cm³/mol. The molecule has 1 atom stereocenters. The van der Waals surface area contributed by atoms with E-state index in [-0.39, 0.29) is 24.9 Å². The van der Waals surface area contributed by atoms with Crippen LogP contribution in [0.4, 0.5) is 5.69 Å². The number of ether oxygens (including phenoxy) is 1. The molecule has 1 aliphatic heterocycles. The summed E-state index contributed by atoms with van der Waals surface area (Å²) in [5.41, 5.74) is 2.99. The van der Waals surface area contributed by atoms with Crippen LogP contribution in [0.2, 0.25) is 0 Å². The maximum atomic E-state index is 12.6. The van der Waals surface area contributed by atoms with Crippen molar-refractivity contribution in [2.45, 2.75) is 26.4 Å². The third-order valence-electron chi connectivity index (χ3n) is 5.37. The van der Waals surface area contributed by atoms with Crippen LogP contribution in [0.3, 0.4) is 0 Å². The maximum absolute atomic E-state index is 12.6. The van der Waals surface area contributed by atoms with Gasteiger partial charge in [0.1, 0.15) is 6.61 Å². The van der Waals surface area contributed by atoms with Crippen LogP contribution in [0.15, 0.2) is 66.7 Å². The number of benzene rings is 3. The molecule has 4 rings (SSSR count). The minimum absolute atomic E-state index is 0.0204. The number of para-hydroxylation sites is 1. The van der Waals surface area contributed by atoms with Gasteiger partial charge >= 0.3 is 5.97 Å². The van der Waals surface area contributed by atoms with E-state index in [0.29, 0.717) is 6.54 Å². The average molecular weight is 373 g/mol. The largest absolute Gasteiger partial charge is 0.461 e. The monoisotopic (exact) mass is 373 g/mol. The molecule has 28 heavy (non-hydrogen) atoms. The van der Waals surface area contributed by atoms with E-state index in [1.54, 1.807) is 4.90 Å². The molecule has 0 radical (unpaired) electrons. The number of rotatable bonds is 5. The van der Waals surface area contributed by atoms with Crippen LogP contribution < -0.4 is 4.90 Å². The highest BCUT2D eigenvalue weighted by Gasteiger charge is 2.36. The Morgan fingerprint density at radius 3 is 2.57 bits per heavy atom. The maximum Gasteiger partial charge on any atom is 0.311 e. The van der Waals surface area contributed by atoms with Crippen molar-refractivity contribution in [1.29, 1.82) is 0 Å². The molecule has 3 aromatic carbocycles. The molecular weight excluding hydrogens is 350 g/mol. The molecule has 0 N–H and O–H groups in total. The van der Waals surface area contributed by atoms with Crippen LogP contribution in [0.25, 0.3) is 10.8 Å². The smallest absolute Gasteiger partial charge is 0.311 e. The van der Waals surface area contributed by atoms with E-state index in [4.69, 9.17) is 4.74 Å². The number of hydrogen-bond donors (Lipinski definition) is 0. The molecule has 4 heteroatoms. The van der Waals surface area contributed by atoms with Crippen molar-refractivity contribution in [2.75, 3.05) is 11.4 Å². The van der Waals surface area contributed by atoms with Gasteiger partial charge in [0.05, 0.1) is 5.92 Å². The molecule has 0 unspecified atom stereocenters. The number of esters is 1. The summed E-state index contributed by atoms with van der Waals surface area (Å²) in [4.78, 5) is 26.9. The van der Waals surface area contributed by atoms with Gasteiger partial charge in [0.2, 0.25) is 5.91 Å². The lowest BCUT2D eigenvalue weighted by molar-refractivity contribution is -0.149. The fourth-order valence-corrected chi connectivity index (χ4v) is 3.86. The molecule has 1 fully saturated rings. The van der Waals surface area contributed by atoms with Crippen molar-refractivity contribution in [1.82, 2.24) is 0 Å². The normalized spacial score (nSPS) is 16.5. The highest BCUT2D eigenvalue weighted by Crippen LogP contribution is 2.29. The summed E-state index contributed by atoms with van der Waals surface area (Å²) in [5, 5.41) is 2.20. The van der Waals surface area contributed by atoms with Gasteiger partial charge in [0, 0.05) is 18.7 Å². The van der Waals surface area contributed by atoms with Gasteiger partial charge in [0.15, 0.2) is 0 Å². The molecule has 1 saturated heterocycles. The Morgan fingerprint density at radius 2 is 1.71 bits per heavy atom. The summed E-state index contributed by atoms with van der Waals surface area (Å²) in [6.07, 6.45) is 1.04. The van der Waals surface area contributed by atoms with E-state index in [1.165, 1.54) is 0 Å². The van der Waals surface area contributed by atoms with E-state index in [0.717, 1.165) is 34.0 Å². The van der Waals surface area contributed by atoms with Gasteiger partial charge in [-0.15, -0.1) is 0 Å². The minimum Gasteiger partial charge on any atom is -0.461 e. The Labute approximate surface area is 164 Å². The van der Waals surface area contributed by atoms with Crippen LogP contribution >= 0.6 is 0 Å². The Hall–Kier alpha value is -3.14. The van der Waals surface area contributed by atoms with Crippen molar-refractivity contribution in [3.8, 4) is 0 Å². The molecule has 1 aliphatic rings. The molecule has 0 spiro atoms. The number of fused-ring (bicyclic) bond motifs is 1. The van der Waals surface area contributed by atoms with Crippen LogP contribution in [-0.2, 0) is 27.4 Å². The molecule has 3 aromatic rings. The SMILES string of the molecule is CCc1ccccc1N1C[C@@H](C(=O)OCc2cccc3ccccc23)CC1=O. The summed E-state index contributed by atoms with van der Waals surface area (Å²) >= 11 is 0. The quantitative estimate of drug-likeness (QED) is 0.619. The van der Waals surface area contributed by atoms with Gasteiger partial charge in [0.25, 0.3) is 0 Å². The van der Waals surface area contributed by atoms with Crippen molar-refractivity contribution in [3.05, 3.63) is 77.9 Å². The van der Waals surface area contributed by atoms with Crippen LogP contribution in [0.5, 0.6) is 0 Å². The lowest BCUT2D eigenvalue weighted by Gasteiger charge is -2.19. The van der Waals surface area contributed by atoms with Gasteiger partial charge in [-0.3, -0.25) is 9.59 Å². The van der Waals surface area contributed by atoms with E-state index in [2.05, 4.69) is 6.92 Å². The standard InChI is InChI=1S/C24H23NO3/c1-2-17-8-4-6-13-22(17)25-15-20(14-23(25)26)24(27)28-16-19-11-7-10-18-9-3-5-12-21(18)19/h3-13,20H,2,14-16H2,1H3/t20-/m0/s1. The molecule has 142 valence electrons. The van der Waals surface area contributed by atoms with Crippen LogP contribution in [-0.4, -0.2) is 18.4 Å². The molecule has 0 aliphatic carbocycles. The first-order valence-electron chi connectivity index (χ1n) is 9.69. The molecule has 0 aromatic heterocycles. The summed E-state index contributed by atoms with van der Waals surface area (Å²) in [7, 11) is 0. The third-order valence-corrected chi connectivity index (χ3v) is 5.37. The number of carbonyl (C=O) groups excluding carboxylic acids is 2. The van der Waals surface area contributed by atoms with Crippen LogP contribution in [0.1, 0.15) is 24.5 Å². The van der Waals surface area contributed by atoms with Crippen molar-refractivity contribution in [3.63, 3.8) is 0 Å². The molecular formula is C24H23NO3. The Morgan fingerprint density at radius 1 is 1.00 bits per heavy atom. The van der Waals surface area contributed by atoms with Crippen molar-refractivity contribution in [2.24, 2.45) is 5.92 Å². The van der Waals surface area contributed by atoms with Gasteiger partial charge in [-0.2, -0.15) is 0 Å². The topological polar surface area (TPSA) is 46.6 Å². The minimum atomic E-state index is -0.424. The summed E-state index contributed by atoms with van der Waals surface area (Å²) < 4.78 is 5.59. The second-order valence-electron chi connectivity index (χ2n) is 7.13. The summed E-state index contributed by atoms with van der Waals surface area (Å²) in [5.74, 6) is -0.752. The first-order chi connectivity index (χ1) is 13.7. The van der Waals surface area contributed by atoms with Crippen molar-refractivity contribution < 1.29 is 14.3 Å². The molecule has 0 saturated carbocycles.